The largest absolute Gasteiger partial charge is 0.416 e. The van der Waals surface area contributed by atoms with E-state index in [2.05, 4.69) is 5.32 Å². The zero-order valence-electron chi connectivity index (χ0n) is 20.2. The highest BCUT2D eigenvalue weighted by molar-refractivity contribution is 5.85. The van der Waals surface area contributed by atoms with Crippen molar-refractivity contribution >= 4 is 12.4 Å². The summed E-state index contributed by atoms with van der Waals surface area (Å²) in [5.41, 5.74) is -2.62. The molecule has 2 aromatic rings. The molecule has 1 atom stereocenters. The second-order valence-electron chi connectivity index (χ2n) is 10.1. The van der Waals surface area contributed by atoms with Gasteiger partial charge in [-0.3, -0.25) is 0 Å². The molecule has 2 fully saturated rings. The first-order valence-corrected chi connectivity index (χ1v) is 12.3. The molecule has 206 valence electrons. The highest BCUT2D eigenvalue weighted by Crippen LogP contribution is 2.42. The van der Waals surface area contributed by atoms with Crippen LogP contribution >= 0.6 is 12.4 Å². The lowest BCUT2D eigenvalue weighted by Crippen LogP contribution is -2.43. The number of hydrogen-bond donors (Lipinski definition) is 2. The molecule has 0 spiro atoms. The summed E-state index contributed by atoms with van der Waals surface area (Å²) < 4.78 is 86.0. The Hall–Kier alpha value is -1.81. The molecule has 0 aliphatic heterocycles. The molecule has 1 unspecified atom stereocenters. The number of benzene rings is 2. The molecule has 0 heterocycles. The molecule has 0 aromatic heterocycles. The summed E-state index contributed by atoms with van der Waals surface area (Å²) in [6.45, 7) is 0.341. The standard InChI is InChI=1S/C27H31F6NO2.ClH/c28-26(29,30)21-12-19(13-22(14-21)27(31,32)33)24(16-35)36-17-25(20-4-2-1-3-5-20)10-8-23(9-11-25)34-15-18-6-7-18;/h1-5,12-14,18,23-24,34-35H,6-11,15-17H2;1H. The van der Waals surface area contributed by atoms with Crippen molar-refractivity contribution in [3.8, 4) is 0 Å². The minimum absolute atomic E-state index is 0. The van der Waals surface area contributed by atoms with Crippen LogP contribution in [0.1, 0.15) is 66.9 Å². The van der Waals surface area contributed by atoms with Gasteiger partial charge in [-0.25, -0.2) is 0 Å². The van der Waals surface area contributed by atoms with Gasteiger partial charge in [-0.15, -0.1) is 12.4 Å². The summed E-state index contributed by atoms with van der Waals surface area (Å²) in [6.07, 6.45) is -5.44. The van der Waals surface area contributed by atoms with Crippen molar-refractivity contribution in [2.75, 3.05) is 19.8 Å². The van der Waals surface area contributed by atoms with Crippen LogP contribution in [0.2, 0.25) is 0 Å². The molecule has 0 radical (unpaired) electrons. The van der Waals surface area contributed by atoms with Crippen molar-refractivity contribution in [3.05, 3.63) is 70.8 Å². The number of aliphatic hydroxyl groups is 1. The second-order valence-corrected chi connectivity index (χ2v) is 10.1. The van der Waals surface area contributed by atoms with Crippen LogP contribution in [0.15, 0.2) is 48.5 Å². The summed E-state index contributed by atoms with van der Waals surface area (Å²) in [6, 6.07) is 11.4. The Morgan fingerprint density at radius 2 is 1.46 bits per heavy atom. The van der Waals surface area contributed by atoms with Crippen molar-refractivity contribution in [2.45, 2.75) is 68.4 Å². The number of nitrogens with one attached hydrogen (secondary N) is 1. The van der Waals surface area contributed by atoms with Crippen molar-refractivity contribution in [1.29, 1.82) is 0 Å². The highest BCUT2D eigenvalue weighted by atomic mass is 35.5. The fourth-order valence-electron chi connectivity index (χ4n) is 5.02. The third kappa shape index (κ3) is 7.62. The predicted molar refractivity (Wildman–Crippen MR) is 131 cm³/mol. The third-order valence-electron chi connectivity index (χ3n) is 7.43. The summed E-state index contributed by atoms with van der Waals surface area (Å²) in [5.74, 6) is 0.758. The number of halogens is 7. The molecule has 0 saturated heterocycles. The van der Waals surface area contributed by atoms with Gasteiger partial charge in [0, 0.05) is 11.5 Å². The topological polar surface area (TPSA) is 41.5 Å². The Kier molecular flexibility index (Phi) is 9.59. The first kappa shape index (κ1) is 29.7. The minimum Gasteiger partial charge on any atom is -0.393 e. The fraction of sp³-hybridized carbons (Fsp3) is 0.556. The number of hydrogen-bond acceptors (Lipinski definition) is 3. The number of aliphatic hydroxyl groups excluding tert-OH is 1. The molecule has 10 heteroatoms. The van der Waals surface area contributed by atoms with Crippen LogP contribution in [-0.4, -0.2) is 30.9 Å². The van der Waals surface area contributed by atoms with Gasteiger partial charge in [-0.1, -0.05) is 30.3 Å². The molecule has 3 nitrogen and oxygen atoms in total. The van der Waals surface area contributed by atoms with Crippen LogP contribution in [0.4, 0.5) is 26.3 Å². The molecule has 2 aliphatic rings. The predicted octanol–water partition coefficient (Wildman–Crippen LogP) is 7.08. The van der Waals surface area contributed by atoms with Gasteiger partial charge >= 0.3 is 12.4 Å². The molecule has 37 heavy (non-hydrogen) atoms. The quantitative estimate of drug-likeness (QED) is 0.327. The minimum atomic E-state index is -4.97. The molecule has 2 saturated carbocycles. The Morgan fingerprint density at radius 1 is 0.892 bits per heavy atom. The van der Waals surface area contributed by atoms with E-state index < -0.39 is 41.6 Å². The normalized spacial score (nSPS) is 23.4. The molecule has 2 aliphatic carbocycles. The Morgan fingerprint density at radius 3 is 1.95 bits per heavy atom. The molecular weight excluding hydrogens is 520 g/mol. The summed E-state index contributed by atoms with van der Waals surface area (Å²) in [5, 5.41) is 13.5. The maximum Gasteiger partial charge on any atom is 0.416 e. The van der Waals surface area contributed by atoms with E-state index in [-0.39, 0.29) is 30.6 Å². The second kappa shape index (κ2) is 11.9. The molecule has 4 rings (SSSR count). The van der Waals surface area contributed by atoms with Gasteiger partial charge in [0.1, 0.15) is 6.10 Å². The van der Waals surface area contributed by atoms with Crippen LogP contribution < -0.4 is 5.32 Å². The summed E-state index contributed by atoms with van der Waals surface area (Å²) >= 11 is 0. The first-order chi connectivity index (χ1) is 17.0. The highest BCUT2D eigenvalue weighted by Gasteiger charge is 2.40. The number of rotatable bonds is 9. The Balaban J connectivity index is 0.00000380. The van der Waals surface area contributed by atoms with E-state index >= 15 is 0 Å². The number of alkyl halides is 6. The smallest absolute Gasteiger partial charge is 0.393 e. The average molecular weight is 552 g/mol. The molecule has 2 aromatic carbocycles. The molecule has 2 N–H and O–H groups in total. The zero-order chi connectivity index (χ0) is 26.0. The average Bonchev–Trinajstić information content (AvgIpc) is 3.68. The molecular formula is C27H32ClF6NO2. The van der Waals surface area contributed by atoms with Crippen molar-refractivity contribution < 1.29 is 36.2 Å². The van der Waals surface area contributed by atoms with E-state index in [1.165, 1.54) is 12.8 Å². The Labute approximate surface area is 219 Å². The lowest BCUT2D eigenvalue weighted by Gasteiger charge is -2.41. The van der Waals surface area contributed by atoms with E-state index in [4.69, 9.17) is 4.74 Å². The van der Waals surface area contributed by atoms with Crippen LogP contribution in [0.3, 0.4) is 0 Å². The van der Waals surface area contributed by atoms with Crippen LogP contribution in [0, 0.1) is 5.92 Å². The third-order valence-corrected chi connectivity index (χ3v) is 7.43. The van der Waals surface area contributed by atoms with Gasteiger partial charge in [0.15, 0.2) is 0 Å². The number of ether oxygens (including phenoxy) is 1. The van der Waals surface area contributed by atoms with Gasteiger partial charge in [-0.05, 0) is 80.3 Å². The van der Waals surface area contributed by atoms with E-state index in [0.717, 1.165) is 43.7 Å². The van der Waals surface area contributed by atoms with Gasteiger partial charge in [0.05, 0.1) is 24.3 Å². The molecule has 0 amide bonds. The maximum absolute atomic E-state index is 13.3. The SMILES string of the molecule is Cl.OCC(OCC1(c2ccccc2)CCC(NCC2CC2)CC1)c1cc(C(F)(F)F)cc(C(F)(F)F)c1. The van der Waals surface area contributed by atoms with E-state index in [1.807, 2.05) is 30.3 Å². The lowest BCUT2D eigenvalue weighted by molar-refractivity contribution is -0.143. The Bertz CT molecular complexity index is 970. The fourth-order valence-corrected chi connectivity index (χ4v) is 5.02. The van der Waals surface area contributed by atoms with Crippen molar-refractivity contribution in [2.24, 2.45) is 5.92 Å². The van der Waals surface area contributed by atoms with Crippen LogP contribution in [0.25, 0.3) is 0 Å². The van der Waals surface area contributed by atoms with Gasteiger partial charge in [-0.2, -0.15) is 26.3 Å². The molecule has 0 bridgehead atoms. The maximum atomic E-state index is 13.3. The van der Waals surface area contributed by atoms with Crippen molar-refractivity contribution in [3.63, 3.8) is 0 Å². The van der Waals surface area contributed by atoms with Crippen LogP contribution in [-0.2, 0) is 22.5 Å². The van der Waals surface area contributed by atoms with Gasteiger partial charge in [0.2, 0.25) is 0 Å². The van der Waals surface area contributed by atoms with Crippen LogP contribution in [0.5, 0.6) is 0 Å². The monoisotopic (exact) mass is 551 g/mol. The van der Waals surface area contributed by atoms with E-state index in [0.29, 0.717) is 18.2 Å². The van der Waals surface area contributed by atoms with E-state index in [9.17, 15) is 31.4 Å². The zero-order valence-corrected chi connectivity index (χ0v) is 21.1. The van der Waals surface area contributed by atoms with Gasteiger partial charge in [0.25, 0.3) is 0 Å². The van der Waals surface area contributed by atoms with Crippen molar-refractivity contribution in [1.82, 2.24) is 5.32 Å². The summed E-state index contributed by atoms with van der Waals surface area (Å²) in [4.78, 5) is 0. The van der Waals surface area contributed by atoms with Gasteiger partial charge < -0.3 is 15.2 Å². The first-order valence-electron chi connectivity index (χ1n) is 12.3. The summed E-state index contributed by atoms with van der Waals surface area (Å²) in [7, 11) is 0. The van der Waals surface area contributed by atoms with E-state index in [1.54, 1.807) is 0 Å². The lowest BCUT2D eigenvalue weighted by atomic mass is 9.68.